The highest BCUT2D eigenvalue weighted by atomic mass is 16.1. The molecular weight excluding hydrogens is 376 g/mol. The number of carbonyl (C=O) groups excluding carboxylic acids is 1. The number of hydrogen-bond donors (Lipinski definition) is 2. The highest BCUT2D eigenvalue weighted by Crippen LogP contribution is 2.37. The summed E-state index contributed by atoms with van der Waals surface area (Å²) in [6.45, 7) is 0. The lowest BCUT2D eigenvalue weighted by molar-refractivity contribution is 0.102. The number of nitrogens with one attached hydrogen (secondary N) is 1. The molecule has 0 atom stereocenters. The van der Waals surface area contributed by atoms with E-state index in [1.807, 2.05) is 24.4 Å². The minimum atomic E-state index is -0.206. The molecule has 3 aromatic heterocycles. The van der Waals surface area contributed by atoms with Gasteiger partial charge in [0.05, 0.1) is 0 Å². The molecule has 1 saturated carbocycles. The van der Waals surface area contributed by atoms with Crippen LogP contribution in [0.25, 0.3) is 16.8 Å². The number of rotatable bonds is 4. The SMILES string of the molecule is Nc1nccn2c(C3CCCC3)nc(-c3ccc(C(=O)Nc4ccccn4)cc3)c12. The summed E-state index contributed by atoms with van der Waals surface area (Å²) in [5, 5.41) is 2.80. The summed E-state index contributed by atoms with van der Waals surface area (Å²) in [4.78, 5) is 25.9. The van der Waals surface area contributed by atoms with Gasteiger partial charge in [0.15, 0.2) is 0 Å². The summed E-state index contributed by atoms with van der Waals surface area (Å²) in [6.07, 6.45) is 10.1. The first-order valence-corrected chi connectivity index (χ1v) is 10.2. The van der Waals surface area contributed by atoms with Gasteiger partial charge in [0.25, 0.3) is 5.91 Å². The van der Waals surface area contributed by atoms with Gasteiger partial charge in [0, 0.05) is 35.6 Å². The Bertz CT molecular complexity index is 1190. The van der Waals surface area contributed by atoms with Crippen LogP contribution in [-0.2, 0) is 0 Å². The fourth-order valence-corrected chi connectivity index (χ4v) is 4.16. The standard InChI is InChI=1S/C23H22N6O/c24-21-20-19(28-22(16-5-1-2-6-16)29(20)14-13-26-21)15-8-10-17(11-9-15)23(30)27-18-7-3-4-12-25-18/h3-4,7-14,16H,1-2,5-6H2,(H2,24,26)(H,25,27,30). The molecule has 0 saturated heterocycles. The summed E-state index contributed by atoms with van der Waals surface area (Å²) in [5.74, 6) is 2.26. The van der Waals surface area contributed by atoms with Gasteiger partial charge in [-0.2, -0.15) is 0 Å². The van der Waals surface area contributed by atoms with Gasteiger partial charge in [-0.15, -0.1) is 0 Å². The largest absolute Gasteiger partial charge is 0.382 e. The number of anilines is 2. The van der Waals surface area contributed by atoms with Gasteiger partial charge in [-0.05, 0) is 37.1 Å². The number of amides is 1. The summed E-state index contributed by atoms with van der Waals surface area (Å²) in [7, 11) is 0. The molecule has 0 aliphatic heterocycles. The van der Waals surface area contributed by atoms with Crippen LogP contribution in [0.15, 0.2) is 61.1 Å². The van der Waals surface area contributed by atoms with Gasteiger partial charge >= 0.3 is 0 Å². The van der Waals surface area contributed by atoms with E-state index in [0.29, 0.717) is 23.1 Å². The number of carbonyl (C=O) groups is 1. The third-order valence-electron chi connectivity index (χ3n) is 5.66. The first-order chi connectivity index (χ1) is 14.7. The van der Waals surface area contributed by atoms with E-state index in [2.05, 4.69) is 19.7 Å². The molecule has 1 aliphatic rings. The fraction of sp³-hybridized carbons (Fsp3) is 0.217. The van der Waals surface area contributed by atoms with Gasteiger partial charge in [0.1, 0.15) is 28.7 Å². The minimum Gasteiger partial charge on any atom is -0.382 e. The van der Waals surface area contributed by atoms with Gasteiger partial charge in [-0.1, -0.05) is 31.0 Å². The van der Waals surface area contributed by atoms with Crippen molar-refractivity contribution < 1.29 is 4.79 Å². The topological polar surface area (TPSA) is 98.2 Å². The number of benzene rings is 1. The zero-order chi connectivity index (χ0) is 20.5. The molecule has 0 unspecified atom stereocenters. The molecule has 3 heterocycles. The smallest absolute Gasteiger partial charge is 0.256 e. The minimum absolute atomic E-state index is 0.206. The number of nitrogens with two attached hydrogens (primary N) is 1. The maximum Gasteiger partial charge on any atom is 0.256 e. The van der Waals surface area contributed by atoms with E-state index in [1.165, 1.54) is 12.8 Å². The number of fused-ring (bicyclic) bond motifs is 1. The van der Waals surface area contributed by atoms with Gasteiger partial charge in [0.2, 0.25) is 0 Å². The van der Waals surface area contributed by atoms with Crippen molar-refractivity contribution >= 4 is 23.1 Å². The van der Waals surface area contributed by atoms with Crippen LogP contribution in [0.1, 0.15) is 47.8 Å². The third-order valence-corrected chi connectivity index (χ3v) is 5.66. The second-order valence-electron chi connectivity index (χ2n) is 7.58. The Hall–Kier alpha value is -3.74. The van der Waals surface area contributed by atoms with Crippen LogP contribution in [0.3, 0.4) is 0 Å². The number of nitrogen functional groups attached to an aromatic ring is 1. The highest BCUT2D eigenvalue weighted by molar-refractivity contribution is 6.04. The first-order valence-electron chi connectivity index (χ1n) is 10.2. The summed E-state index contributed by atoms with van der Waals surface area (Å²) < 4.78 is 2.08. The van der Waals surface area contributed by atoms with Crippen molar-refractivity contribution in [2.24, 2.45) is 0 Å². The van der Waals surface area contributed by atoms with Crippen LogP contribution in [-0.4, -0.2) is 25.3 Å². The first kappa shape index (κ1) is 18.3. The van der Waals surface area contributed by atoms with Crippen molar-refractivity contribution in [1.29, 1.82) is 0 Å². The molecule has 1 amide bonds. The van der Waals surface area contributed by atoms with Crippen molar-refractivity contribution in [2.75, 3.05) is 11.1 Å². The second kappa shape index (κ2) is 7.59. The van der Waals surface area contributed by atoms with Crippen molar-refractivity contribution in [3.8, 4) is 11.3 Å². The number of pyridine rings is 1. The normalized spacial score (nSPS) is 14.3. The van der Waals surface area contributed by atoms with Crippen molar-refractivity contribution in [3.63, 3.8) is 0 Å². The molecule has 1 aromatic carbocycles. The lowest BCUT2D eigenvalue weighted by atomic mass is 10.1. The highest BCUT2D eigenvalue weighted by Gasteiger charge is 2.25. The lowest BCUT2D eigenvalue weighted by Crippen LogP contribution is -2.12. The average Bonchev–Trinajstić information content (AvgIpc) is 3.43. The average molecular weight is 398 g/mol. The molecule has 150 valence electrons. The van der Waals surface area contributed by atoms with Crippen LogP contribution in [0.4, 0.5) is 11.6 Å². The zero-order valence-corrected chi connectivity index (χ0v) is 16.5. The number of aromatic nitrogens is 4. The molecule has 7 heteroatoms. The van der Waals surface area contributed by atoms with E-state index >= 15 is 0 Å². The summed E-state index contributed by atoms with van der Waals surface area (Å²) in [6, 6.07) is 12.8. The van der Waals surface area contributed by atoms with Crippen LogP contribution in [0, 0.1) is 0 Å². The predicted molar refractivity (Wildman–Crippen MR) is 116 cm³/mol. The van der Waals surface area contributed by atoms with Crippen molar-refractivity contribution in [1.82, 2.24) is 19.4 Å². The molecule has 0 bridgehead atoms. The van der Waals surface area contributed by atoms with E-state index in [4.69, 9.17) is 10.7 Å². The quantitative estimate of drug-likeness (QED) is 0.534. The molecule has 30 heavy (non-hydrogen) atoms. The van der Waals surface area contributed by atoms with E-state index < -0.39 is 0 Å². The van der Waals surface area contributed by atoms with Gasteiger partial charge in [-0.25, -0.2) is 15.0 Å². The van der Waals surface area contributed by atoms with Crippen LogP contribution < -0.4 is 11.1 Å². The predicted octanol–water partition coefficient (Wildman–Crippen LogP) is 4.28. The second-order valence-corrected chi connectivity index (χ2v) is 7.58. The van der Waals surface area contributed by atoms with Gasteiger partial charge in [-0.3, -0.25) is 9.20 Å². The van der Waals surface area contributed by atoms with E-state index in [9.17, 15) is 4.79 Å². The Kier molecular flexibility index (Phi) is 4.63. The summed E-state index contributed by atoms with van der Waals surface area (Å²) >= 11 is 0. The third kappa shape index (κ3) is 3.28. The van der Waals surface area contributed by atoms with Crippen LogP contribution in [0.2, 0.25) is 0 Å². The Labute approximate surface area is 174 Å². The number of nitrogens with zero attached hydrogens (tertiary/aromatic N) is 4. The Morgan fingerprint density at radius 1 is 1.03 bits per heavy atom. The fourth-order valence-electron chi connectivity index (χ4n) is 4.16. The Morgan fingerprint density at radius 3 is 2.57 bits per heavy atom. The van der Waals surface area contributed by atoms with E-state index in [0.717, 1.165) is 35.4 Å². The molecular formula is C23H22N6O. The monoisotopic (exact) mass is 398 g/mol. The molecule has 0 radical (unpaired) electrons. The van der Waals surface area contributed by atoms with Crippen LogP contribution in [0.5, 0.6) is 0 Å². The van der Waals surface area contributed by atoms with E-state index in [-0.39, 0.29) is 5.91 Å². The van der Waals surface area contributed by atoms with Gasteiger partial charge < -0.3 is 11.1 Å². The van der Waals surface area contributed by atoms with E-state index in [1.54, 1.807) is 36.7 Å². The Balaban J connectivity index is 1.49. The molecule has 5 rings (SSSR count). The molecule has 0 spiro atoms. The summed E-state index contributed by atoms with van der Waals surface area (Å²) in [5.41, 5.74) is 9.32. The molecule has 3 N–H and O–H groups in total. The maximum atomic E-state index is 12.5. The molecule has 7 nitrogen and oxygen atoms in total. The van der Waals surface area contributed by atoms with Crippen LogP contribution >= 0.6 is 0 Å². The molecule has 4 aromatic rings. The maximum absolute atomic E-state index is 12.5. The van der Waals surface area contributed by atoms with Crippen molar-refractivity contribution in [3.05, 3.63) is 72.4 Å². The number of hydrogen-bond acceptors (Lipinski definition) is 5. The Morgan fingerprint density at radius 2 is 1.83 bits per heavy atom. The molecule has 1 fully saturated rings. The number of imidazole rings is 1. The lowest BCUT2D eigenvalue weighted by Gasteiger charge is -2.07. The molecule has 1 aliphatic carbocycles. The zero-order valence-electron chi connectivity index (χ0n) is 16.5. The van der Waals surface area contributed by atoms with Crippen molar-refractivity contribution in [2.45, 2.75) is 31.6 Å².